The Morgan fingerprint density at radius 3 is 2.91 bits per heavy atom. The molecule has 3 unspecified atom stereocenters. The maximum absolute atomic E-state index is 10.6. The molecular formula is C19H21NO3. The zero-order valence-electron chi connectivity index (χ0n) is 12.9. The number of fused-ring (bicyclic) bond motifs is 2. The van der Waals surface area contributed by atoms with Crippen LogP contribution >= 0.6 is 0 Å². The quantitative estimate of drug-likeness (QED) is 0.837. The molecule has 23 heavy (non-hydrogen) atoms. The average molecular weight is 311 g/mol. The summed E-state index contributed by atoms with van der Waals surface area (Å²) in [7, 11) is 0. The van der Waals surface area contributed by atoms with E-state index < -0.39 is 12.2 Å². The van der Waals surface area contributed by atoms with Gasteiger partial charge in [-0.05, 0) is 43.9 Å². The molecule has 0 saturated heterocycles. The lowest BCUT2D eigenvalue weighted by atomic mass is 9.87. The molecule has 1 fully saturated rings. The molecule has 1 heterocycles. The Labute approximate surface area is 136 Å². The van der Waals surface area contributed by atoms with Crippen LogP contribution < -0.4 is 9.64 Å². The molecule has 0 radical (unpaired) electrons. The lowest BCUT2D eigenvalue weighted by molar-refractivity contribution is -0.0211. The van der Waals surface area contributed by atoms with Crippen molar-refractivity contribution in [2.75, 3.05) is 4.90 Å². The highest BCUT2D eigenvalue weighted by molar-refractivity contribution is 5.68. The number of aliphatic hydroxyl groups is 2. The summed E-state index contributed by atoms with van der Waals surface area (Å²) in [5, 5.41) is 20.7. The van der Waals surface area contributed by atoms with Gasteiger partial charge in [-0.25, -0.2) is 0 Å². The molecule has 4 rings (SSSR count). The van der Waals surface area contributed by atoms with Gasteiger partial charge in [0.1, 0.15) is 11.9 Å². The molecule has 120 valence electrons. The maximum atomic E-state index is 10.6. The smallest absolute Gasteiger partial charge is 0.150 e. The predicted octanol–water partition coefficient (Wildman–Crippen LogP) is 2.89. The van der Waals surface area contributed by atoms with Crippen molar-refractivity contribution in [2.45, 2.75) is 43.9 Å². The molecule has 1 aromatic carbocycles. The second kappa shape index (κ2) is 5.87. The summed E-state index contributed by atoms with van der Waals surface area (Å²) < 4.78 is 5.88. The van der Waals surface area contributed by atoms with Crippen molar-refractivity contribution in [1.82, 2.24) is 0 Å². The van der Waals surface area contributed by atoms with E-state index in [1.54, 1.807) is 6.26 Å². The van der Waals surface area contributed by atoms with Crippen molar-refractivity contribution in [3.8, 4) is 5.75 Å². The Hall–Kier alpha value is -2.04. The number of allylic oxidation sites excluding steroid dienone is 4. The molecule has 0 aromatic heterocycles. The van der Waals surface area contributed by atoms with Gasteiger partial charge in [-0.2, -0.15) is 0 Å². The van der Waals surface area contributed by atoms with Crippen LogP contribution in [0.5, 0.6) is 5.75 Å². The van der Waals surface area contributed by atoms with E-state index in [9.17, 15) is 10.2 Å². The molecule has 4 nitrogen and oxygen atoms in total. The molecule has 1 saturated carbocycles. The number of rotatable bonds is 1. The predicted molar refractivity (Wildman–Crippen MR) is 89.1 cm³/mol. The molecular weight excluding hydrogens is 290 g/mol. The van der Waals surface area contributed by atoms with E-state index in [0.717, 1.165) is 42.0 Å². The van der Waals surface area contributed by atoms with Crippen molar-refractivity contribution in [1.29, 1.82) is 0 Å². The largest absolute Gasteiger partial charge is 0.462 e. The lowest BCUT2D eigenvalue weighted by Crippen LogP contribution is -2.51. The fraction of sp³-hybridized carbons (Fsp3) is 0.368. The van der Waals surface area contributed by atoms with Crippen LogP contribution in [0.3, 0.4) is 0 Å². The van der Waals surface area contributed by atoms with Gasteiger partial charge >= 0.3 is 0 Å². The first-order chi connectivity index (χ1) is 11.3. The van der Waals surface area contributed by atoms with Crippen LogP contribution in [0.15, 0.2) is 60.0 Å². The summed E-state index contributed by atoms with van der Waals surface area (Å²) in [5.74, 6) is 0.780. The van der Waals surface area contributed by atoms with Gasteiger partial charge in [-0.15, -0.1) is 0 Å². The van der Waals surface area contributed by atoms with E-state index in [4.69, 9.17) is 4.74 Å². The van der Waals surface area contributed by atoms with Crippen molar-refractivity contribution in [3.05, 3.63) is 60.0 Å². The highest BCUT2D eigenvalue weighted by Crippen LogP contribution is 2.42. The van der Waals surface area contributed by atoms with E-state index in [2.05, 4.69) is 17.1 Å². The summed E-state index contributed by atoms with van der Waals surface area (Å²) >= 11 is 0. The van der Waals surface area contributed by atoms with Crippen LogP contribution in [0.2, 0.25) is 0 Å². The van der Waals surface area contributed by atoms with Gasteiger partial charge < -0.3 is 19.8 Å². The first kappa shape index (κ1) is 14.5. The maximum Gasteiger partial charge on any atom is 0.150 e. The minimum absolute atomic E-state index is 0.150. The number of nitrogens with zero attached hydrogens (tertiary/aromatic N) is 1. The summed E-state index contributed by atoms with van der Waals surface area (Å²) in [4.78, 5) is 2.16. The molecule has 2 N–H and O–H groups in total. The number of anilines is 1. The lowest BCUT2D eigenvalue weighted by Gasteiger charge is -2.42. The van der Waals surface area contributed by atoms with Gasteiger partial charge in [0.25, 0.3) is 0 Å². The molecule has 0 bridgehead atoms. The van der Waals surface area contributed by atoms with Crippen molar-refractivity contribution in [3.63, 3.8) is 0 Å². The van der Waals surface area contributed by atoms with Crippen molar-refractivity contribution in [2.24, 2.45) is 0 Å². The summed E-state index contributed by atoms with van der Waals surface area (Å²) in [5.41, 5.74) is 3.09. The van der Waals surface area contributed by atoms with Crippen LogP contribution in [0, 0.1) is 0 Å². The minimum Gasteiger partial charge on any atom is -0.462 e. The van der Waals surface area contributed by atoms with Gasteiger partial charge in [0.15, 0.2) is 0 Å². The van der Waals surface area contributed by atoms with Crippen LogP contribution in [-0.4, -0.2) is 28.5 Å². The average Bonchev–Trinajstić information content (AvgIpc) is 2.75. The zero-order chi connectivity index (χ0) is 15.8. The number of ether oxygens (including phenoxy) is 1. The Kier molecular flexibility index (Phi) is 3.71. The van der Waals surface area contributed by atoms with Crippen LogP contribution in [0.1, 0.15) is 25.7 Å². The molecule has 2 aliphatic carbocycles. The highest BCUT2D eigenvalue weighted by atomic mass is 16.5. The van der Waals surface area contributed by atoms with Crippen molar-refractivity contribution >= 4 is 5.69 Å². The Bertz CT molecular complexity index is 692. The molecule has 0 amide bonds. The second-order valence-electron chi connectivity index (χ2n) is 6.34. The first-order valence-corrected chi connectivity index (χ1v) is 8.23. The van der Waals surface area contributed by atoms with E-state index >= 15 is 0 Å². The van der Waals surface area contributed by atoms with E-state index in [0.29, 0.717) is 6.42 Å². The standard InChI is InChI=1S/C19H21NO3/c21-17-10-5-9-16(19(17)22)20-14-7-2-1-6-13(14)12-23-18-11-4-3-8-15(18)20/h1-4,7-8,11-12,16-17,19,21-22H,5-6,9-10H2. The molecule has 3 atom stereocenters. The van der Waals surface area contributed by atoms with Crippen molar-refractivity contribution < 1.29 is 14.9 Å². The molecule has 1 aromatic rings. The molecule has 0 spiro atoms. The monoisotopic (exact) mass is 311 g/mol. The number of hydrogen-bond acceptors (Lipinski definition) is 4. The summed E-state index contributed by atoms with van der Waals surface area (Å²) in [6.45, 7) is 0. The normalized spacial score (nSPS) is 29.7. The van der Waals surface area contributed by atoms with Gasteiger partial charge in [-0.1, -0.05) is 24.3 Å². The number of hydrogen-bond donors (Lipinski definition) is 2. The Balaban J connectivity index is 1.84. The first-order valence-electron chi connectivity index (χ1n) is 8.23. The van der Waals surface area contributed by atoms with Gasteiger partial charge in [0, 0.05) is 11.3 Å². The van der Waals surface area contributed by atoms with Gasteiger partial charge in [0.05, 0.1) is 24.1 Å². The fourth-order valence-electron chi connectivity index (χ4n) is 3.70. The zero-order valence-corrected chi connectivity index (χ0v) is 12.9. The van der Waals surface area contributed by atoms with Crippen LogP contribution in [-0.2, 0) is 0 Å². The number of benzene rings is 1. The minimum atomic E-state index is -0.761. The summed E-state index contributed by atoms with van der Waals surface area (Å²) in [6.07, 6.45) is 9.80. The highest BCUT2D eigenvalue weighted by Gasteiger charge is 2.38. The summed E-state index contributed by atoms with van der Waals surface area (Å²) in [6, 6.07) is 7.73. The Morgan fingerprint density at radius 1 is 1.13 bits per heavy atom. The molecule has 4 heteroatoms. The van der Waals surface area contributed by atoms with Crippen LogP contribution in [0.4, 0.5) is 5.69 Å². The molecule has 1 aliphatic heterocycles. The van der Waals surface area contributed by atoms with Crippen LogP contribution in [0.25, 0.3) is 0 Å². The third-order valence-electron chi connectivity index (χ3n) is 4.89. The van der Waals surface area contributed by atoms with Gasteiger partial charge in [-0.3, -0.25) is 0 Å². The van der Waals surface area contributed by atoms with E-state index in [1.807, 2.05) is 30.3 Å². The van der Waals surface area contributed by atoms with E-state index in [-0.39, 0.29) is 6.04 Å². The van der Waals surface area contributed by atoms with Gasteiger partial charge in [0.2, 0.25) is 0 Å². The topological polar surface area (TPSA) is 52.9 Å². The molecule has 3 aliphatic rings. The Morgan fingerprint density at radius 2 is 2.00 bits per heavy atom. The third kappa shape index (κ3) is 2.48. The fourth-order valence-corrected chi connectivity index (χ4v) is 3.70. The number of aliphatic hydroxyl groups excluding tert-OH is 2. The number of para-hydroxylation sites is 2. The third-order valence-corrected chi connectivity index (χ3v) is 4.89. The van der Waals surface area contributed by atoms with E-state index in [1.165, 1.54) is 0 Å². The second-order valence-corrected chi connectivity index (χ2v) is 6.34. The SMILES string of the molecule is OC1CCCC(N2C3=CC=CCC3=COc3ccccc32)C1O.